The summed E-state index contributed by atoms with van der Waals surface area (Å²) in [7, 11) is 0. The number of hydrogen-bond donors (Lipinski definition) is 0. The Morgan fingerprint density at radius 2 is 1.45 bits per heavy atom. The lowest BCUT2D eigenvalue weighted by molar-refractivity contribution is 1.20. The molecule has 0 saturated carbocycles. The van der Waals surface area contributed by atoms with Crippen molar-refractivity contribution in [3.8, 4) is 33.5 Å². The standard InChI is InChI=1S/C26H19N3/c1-18-8-9-21(16-29-18)23-11-10-22(24-12-14-27-17-25(23)24)19-5-4-6-20(15-19)26-7-2-3-13-28-26/h2-17H,1H3. The topological polar surface area (TPSA) is 38.7 Å². The molecule has 3 aromatic heterocycles. The summed E-state index contributed by atoms with van der Waals surface area (Å²) in [4.78, 5) is 13.3. The molecule has 0 aliphatic rings. The molecule has 0 fully saturated rings. The van der Waals surface area contributed by atoms with Gasteiger partial charge in [0.25, 0.3) is 0 Å². The van der Waals surface area contributed by atoms with Gasteiger partial charge in [-0.15, -0.1) is 0 Å². The van der Waals surface area contributed by atoms with Crippen LogP contribution in [0.15, 0.2) is 97.6 Å². The van der Waals surface area contributed by atoms with E-state index in [9.17, 15) is 0 Å². The molecule has 0 saturated heterocycles. The summed E-state index contributed by atoms with van der Waals surface area (Å²) < 4.78 is 0. The lowest BCUT2D eigenvalue weighted by atomic mass is 9.93. The second-order valence-corrected chi connectivity index (χ2v) is 7.07. The highest BCUT2D eigenvalue weighted by molar-refractivity contribution is 6.04. The van der Waals surface area contributed by atoms with Gasteiger partial charge in [-0.2, -0.15) is 0 Å². The molecule has 0 aliphatic carbocycles. The zero-order chi connectivity index (χ0) is 19.6. The molecule has 0 atom stereocenters. The minimum absolute atomic E-state index is 0.975. The Bertz CT molecular complexity index is 1290. The van der Waals surface area contributed by atoms with Gasteiger partial charge < -0.3 is 0 Å². The monoisotopic (exact) mass is 373 g/mol. The Hall–Kier alpha value is -3.85. The van der Waals surface area contributed by atoms with Gasteiger partial charge >= 0.3 is 0 Å². The van der Waals surface area contributed by atoms with Crippen molar-refractivity contribution in [2.75, 3.05) is 0 Å². The molecule has 0 spiro atoms. The highest BCUT2D eigenvalue weighted by Gasteiger charge is 2.11. The van der Waals surface area contributed by atoms with Gasteiger partial charge in [-0.3, -0.25) is 15.0 Å². The molecule has 0 N–H and O–H groups in total. The van der Waals surface area contributed by atoms with Crippen molar-refractivity contribution in [1.29, 1.82) is 0 Å². The molecule has 0 bridgehead atoms. The number of pyridine rings is 3. The van der Waals surface area contributed by atoms with Gasteiger partial charge in [-0.25, -0.2) is 0 Å². The SMILES string of the molecule is Cc1ccc(-c2ccc(-c3cccc(-c4ccccn4)c3)c3ccncc23)cn1. The fourth-order valence-electron chi connectivity index (χ4n) is 3.70. The number of aromatic nitrogens is 3. The lowest BCUT2D eigenvalue weighted by Crippen LogP contribution is -1.89. The highest BCUT2D eigenvalue weighted by Crippen LogP contribution is 2.36. The van der Waals surface area contributed by atoms with Crippen LogP contribution in [0.2, 0.25) is 0 Å². The van der Waals surface area contributed by atoms with Crippen LogP contribution in [0.3, 0.4) is 0 Å². The molecule has 5 aromatic rings. The molecule has 0 unspecified atom stereocenters. The van der Waals surface area contributed by atoms with Crippen LogP contribution in [0.5, 0.6) is 0 Å². The highest BCUT2D eigenvalue weighted by atomic mass is 14.7. The summed E-state index contributed by atoms with van der Waals surface area (Å²) >= 11 is 0. The van der Waals surface area contributed by atoms with Crippen molar-refractivity contribution in [3.63, 3.8) is 0 Å². The molecule has 2 aromatic carbocycles. The van der Waals surface area contributed by atoms with E-state index in [0.717, 1.165) is 39.0 Å². The molecule has 5 rings (SSSR count). The normalized spacial score (nSPS) is 10.9. The number of fused-ring (bicyclic) bond motifs is 1. The van der Waals surface area contributed by atoms with E-state index in [1.165, 1.54) is 10.9 Å². The number of benzene rings is 2. The van der Waals surface area contributed by atoms with E-state index in [4.69, 9.17) is 0 Å². The third-order valence-corrected chi connectivity index (χ3v) is 5.17. The summed E-state index contributed by atoms with van der Waals surface area (Å²) in [6.07, 6.45) is 7.55. The zero-order valence-electron chi connectivity index (χ0n) is 16.1. The second-order valence-electron chi connectivity index (χ2n) is 7.07. The van der Waals surface area contributed by atoms with E-state index in [1.54, 1.807) is 0 Å². The summed E-state index contributed by atoms with van der Waals surface area (Å²) in [6, 6.07) is 25.1. The predicted molar refractivity (Wildman–Crippen MR) is 118 cm³/mol. The average molecular weight is 373 g/mol. The van der Waals surface area contributed by atoms with E-state index in [-0.39, 0.29) is 0 Å². The van der Waals surface area contributed by atoms with E-state index in [0.29, 0.717) is 0 Å². The van der Waals surface area contributed by atoms with Crippen LogP contribution in [0.1, 0.15) is 5.69 Å². The molecule has 138 valence electrons. The maximum Gasteiger partial charge on any atom is 0.0702 e. The van der Waals surface area contributed by atoms with Crippen LogP contribution in [0.4, 0.5) is 0 Å². The number of aryl methyl sites for hydroxylation is 1. The Morgan fingerprint density at radius 1 is 0.586 bits per heavy atom. The van der Waals surface area contributed by atoms with Crippen LogP contribution in [-0.4, -0.2) is 15.0 Å². The van der Waals surface area contributed by atoms with Gasteiger partial charge in [0.05, 0.1) is 5.69 Å². The average Bonchev–Trinajstić information content (AvgIpc) is 2.80. The van der Waals surface area contributed by atoms with E-state index in [2.05, 4.69) is 63.5 Å². The van der Waals surface area contributed by atoms with Crippen LogP contribution >= 0.6 is 0 Å². The summed E-state index contributed by atoms with van der Waals surface area (Å²) in [5.41, 5.74) is 7.69. The van der Waals surface area contributed by atoms with Gasteiger partial charge in [0.15, 0.2) is 0 Å². The summed E-state index contributed by atoms with van der Waals surface area (Å²) in [6.45, 7) is 2.00. The maximum absolute atomic E-state index is 4.49. The molecular formula is C26H19N3. The minimum Gasteiger partial charge on any atom is -0.264 e. The Labute approximate surface area is 169 Å². The van der Waals surface area contributed by atoms with Gasteiger partial charge in [-0.05, 0) is 59.3 Å². The first-order valence-corrected chi connectivity index (χ1v) is 9.61. The largest absolute Gasteiger partial charge is 0.264 e. The second kappa shape index (κ2) is 7.28. The molecule has 29 heavy (non-hydrogen) atoms. The fourth-order valence-corrected chi connectivity index (χ4v) is 3.70. The van der Waals surface area contributed by atoms with Crippen LogP contribution in [-0.2, 0) is 0 Å². The van der Waals surface area contributed by atoms with Gasteiger partial charge in [-0.1, -0.05) is 42.5 Å². The van der Waals surface area contributed by atoms with Crippen molar-refractivity contribution in [2.24, 2.45) is 0 Å². The molecule has 0 radical (unpaired) electrons. The van der Waals surface area contributed by atoms with Crippen molar-refractivity contribution in [1.82, 2.24) is 15.0 Å². The summed E-state index contributed by atoms with van der Waals surface area (Å²) in [5.74, 6) is 0. The van der Waals surface area contributed by atoms with Crippen molar-refractivity contribution < 1.29 is 0 Å². The van der Waals surface area contributed by atoms with Crippen molar-refractivity contribution in [2.45, 2.75) is 6.92 Å². The maximum atomic E-state index is 4.49. The van der Waals surface area contributed by atoms with Crippen molar-refractivity contribution in [3.05, 3.63) is 103 Å². The molecule has 3 heteroatoms. The minimum atomic E-state index is 0.975. The smallest absolute Gasteiger partial charge is 0.0702 e. The number of rotatable bonds is 3. The third-order valence-electron chi connectivity index (χ3n) is 5.17. The first kappa shape index (κ1) is 17.3. The van der Waals surface area contributed by atoms with Gasteiger partial charge in [0, 0.05) is 47.0 Å². The Morgan fingerprint density at radius 3 is 2.24 bits per heavy atom. The quantitative estimate of drug-likeness (QED) is 0.371. The molecule has 0 amide bonds. The summed E-state index contributed by atoms with van der Waals surface area (Å²) in [5, 5.41) is 2.30. The Kier molecular flexibility index (Phi) is 4.34. The molecule has 3 nitrogen and oxygen atoms in total. The zero-order valence-corrected chi connectivity index (χ0v) is 16.1. The van der Waals surface area contributed by atoms with E-state index in [1.807, 2.05) is 56.0 Å². The molecule has 0 aliphatic heterocycles. The molecular weight excluding hydrogens is 354 g/mol. The van der Waals surface area contributed by atoms with Crippen LogP contribution in [0, 0.1) is 6.92 Å². The Balaban J connectivity index is 1.68. The van der Waals surface area contributed by atoms with Gasteiger partial charge in [0.1, 0.15) is 0 Å². The number of hydrogen-bond acceptors (Lipinski definition) is 3. The van der Waals surface area contributed by atoms with Crippen molar-refractivity contribution >= 4 is 10.8 Å². The van der Waals surface area contributed by atoms with E-state index >= 15 is 0 Å². The molecule has 3 heterocycles. The lowest BCUT2D eigenvalue weighted by Gasteiger charge is -2.12. The first-order valence-electron chi connectivity index (χ1n) is 9.61. The van der Waals surface area contributed by atoms with Gasteiger partial charge in [0.2, 0.25) is 0 Å². The third kappa shape index (κ3) is 3.27. The first-order chi connectivity index (χ1) is 14.3. The van der Waals surface area contributed by atoms with Crippen LogP contribution < -0.4 is 0 Å². The van der Waals surface area contributed by atoms with Crippen LogP contribution in [0.25, 0.3) is 44.3 Å². The predicted octanol–water partition coefficient (Wildman–Crippen LogP) is 6.33. The van der Waals surface area contributed by atoms with E-state index < -0.39 is 0 Å². The number of nitrogens with zero attached hydrogens (tertiary/aromatic N) is 3. The fraction of sp³-hybridized carbons (Fsp3) is 0.0385.